The molecule has 0 aliphatic heterocycles. The maximum absolute atomic E-state index is 12.0. The largest absolute Gasteiger partial charge is 0.352 e. The molecule has 21 heavy (non-hydrogen) atoms. The molecule has 118 valence electrons. The van der Waals surface area contributed by atoms with E-state index in [0.717, 1.165) is 0 Å². The molecule has 1 aromatic rings. The smallest absolute Gasteiger partial charge is 0.251 e. The highest BCUT2D eigenvalue weighted by Crippen LogP contribution is 2.14. The third-order valence-corrected chi connectivity index (χ3v) is 5.45. The van der Waals surface area contributed by atoms with Crippen molar-refractivity contribution >= 4 is 26.7 Å². The number of carbonyl (C=O) groups excluding carboxylic acids is 1. The van der Waals surface area contributed by atoms with Crippen molar-refractivity contribution < 1.29 is 17.4 Å². The second kappa shape index (κ2) is 7.15. The molecule has 0 saturated carbocycles. The van der Waals surface area contributed by atoms with Gasteiger partial charge in [-0.05, 0) is 37.1 Å². The first-order valence-corrected chi connectivity index (χ1v) is 9.53. The van der Waals surface area contributed by atoms with Crippen molar-refractivity contribution in [3.8, 4) is 0 Å². The van der Waals surface area contributed by atoms with Gasteiger partial charge < -0.3 is 5.32 Å². The Balaban J connectivity index is 2.74. The van der Waals surface area contributed by atoms with Crippen molar-refractivity contribution in [2.45, 2.75) is 30.4 Å². The second-order valence-electron chi connectivity index (χ2n) is 4.88. The fourth-order valence-corrected chi connectivity index (χ4v) is 2.77. The summed E-state index contributed by atoms with van der Waals surface area (Å²) in [5.41, 5.74) is 0.929. The zero-order valence-electron chi connectivity index (χ0n) is 12.3. The molecule has 0 fully saturated rings. The van der Waals surface area contributed by atoms with Gasteiger partial charge in [-0.25, -0.2) is 13.6 Å². The lowest BCUT2D eigenvalue weighted by atomic mass is 10.1. The van der Waals surface area contributed by atoms with Crippen LogP contribution in [0.1, 0.15) is 29.3 Å². The van der Waals surface area contributed by atoms with Gasteiger partial charge in [-0.2, -0.15) is 0 Å². The SMILES string of the molecule is Cc1cc(S(N)(=O)=O)ccc1C(=O)NCCC(C)S(C)=O. The summed E-state index contributed by atoms with van der Waals surface area (Å²) in [6, 6.07) is 4.11. The minimum Gasteiger partial charge on any atom is -0.352 e. The van der Waals surface area contributed by atoms with Crippen LogP contribution in [-0.4, -0.2) is 36.6 Å². The molecule has 0 saturated heterocycles. The van der Waals surface area contributed by atoms with Gasteiger partial charge in [0.05, 0.1) is 4.90 Å². The summed E-state index contributed by atoms with van der Waals surface area (Å²) >= 11 is 0. The minimum atomic E-state index is -3.77. The molecule has 0 aliphatic rings. The Labute approximate surface area is 127 Å². The average molecular weight is 332 g/mol. The fraction of sp³-hybridized carbons (Fsp3) is 0.462. The number of primary sulfonamides is 1. The Morgan fingerprint density at radius 2 is 2.05 bits per heavy atom. The topological polar surface area (TPSA) is 106 Å². The average Bonchev–Trinajstić information content (AvgIpc) is 2.36. The highest BCUT2D eigenvalue weighted by atomic mass is 32.2. The van der Waals surface area contributed by atoms with Crippen LogP contribution >= 0.6 is 0 Å². The van der Waals surface area contributed by atoms with Crippen LogP contribution in [-0.2, 0) is 20.8 Å². The predicted molar refractivity (Wildman–Crippen MR) is 83.0 cm³/mol. The van der Waals surface area contributed by atoms with E-state index in [-0.39, 0.29) is 16.1 Å². The van der Waals surface area contributed by atoms with Gasteiger partial charge in [0.1, 0.15) is 0 Å². The molecule has 1 aromatic carbocycles. The molecular weight excluding hydrogens is 312 g/mol. The van der Waals surface area contributed by atoms with Crippen molar-refractivity contribution in [2.24, 2.45) is 5.14 Å². The normalized spacial score (nSPS) is 14.5. The van der Waals surface area contributed by atoms with E-state index >= 15 is 0 Å². The number of nitrogens with one attached hydrogen (secondary N) is 1. The monoisotopic (exact) mass is 332 g/mol. The summed E-state index contributed by atoms with van der Waals surface area (Å²) in [6.45, 7) is 3.91. The van der Waals surface area contributed by atoms with Gasteiger partial charge in [0.25, 0.3) is 5.91 Å². The molecule has 0 bridgehead atoms. The van der Waals surface area contributed by atoms with E-state index in [1.165, 1.54) is 18.2 Å². The summed E-state index contributed by atoms with van der Waals surface area (Å²) in [6.07, 6.45) is 2.24. The number of sulfonamides is 1. The molecule has 2 unspecified atom stereocenters. The molecule has 2 atom stereocenters. The molecule has 3 N–H and O–H groups in total. The van der Waals surface area contributed by atoms with E-state index in [9.17, 15) is 17.4 Å². The van der Waals surface area contributed by atoms with E-state index < -0.39 is 20.8 Å². The molecule has 8 heteroatoms. The summed E-state index contributed by atoms with van der Waals surface area (Å²) in [5, 5.41) is 7.78. The number of carbonyl (C=O) groups is 1. The quantitative estimate of drug-likeness (QED) is 0.792. The molecule has 0 aliphatic carbocycles. The minimum absolute atomic E-state index is 0.0103. The Morgan fingerprint density at radius 1 is 1.43 bits per heavy atom. The first-order valence-electron chi connectivity index (χ1n) is 6.37. The Bertz CT molecular complexity index is 656. The first kappa shape index (κ1) is 17.8. The molecule has 6 nitrogen and oxygen atoms in total. The summed E-state index contributed by atoms with van der Waals surface area (Å²) in [5.74, 6) is -0.289. The number of amides is 1. The lowest BCUT2D eigenvalue weighted by Gasteiger charge is -2.11. The van der Waals surface area contributed by atoms with E-state index in [4.69, 9.17) is 5.14 Å². The molecule has 0 heterocycles. The van der Waals surface area contributed by atoms with E-state index in [2.05, 4.69) is 5.32 Å². The Kier molecular flexibility index (Phi) is 6.06. The van der Waals surface area contributed by atoms with Gasteiger partial charge in [-0.3, -0.25) is 9.00 Å². The third-order valence-electron chi connectivity index (χ3n) is 3.17. The molecule has 0 spiro atoms. The lowest BCUT2D eigenvalue weighted by molar-refractivity contribution is 0.0952. The van der Waals surface area contributed by atoms with Gasteiger partial charge in [-0.15, -0.1) is 0 Å². The van der Waals surface area contributed by atoms with Crippen LogP contribution in [0.3, 0.4) is 0 Å². The fourth-order valence-electron chi connectivity index (χ4n) is 1.72. The van der Waals surface area contributed by atoms with Crippen molar-refractivity contribution in [1.29, 1.82) is 0 Å². The highest BCUT2D eigenvalue weighted by molar-refractivity contribution is 7.89. The van der Waals surface area contributed by atoms with E-state index in [0.29, 0.717) is 24.1 Å². The third kappa shape index (κ3) is 5.22. The first-order chi connectivity index (χ1) is 9.62. The van der Waals surface area contributed by atoms with Gasteiger partial charge in [0.2, 0.25) is 10.0 Å². The van der Waals surface area contributed by atoms with Crippen LogP contribution in [0.15, 0.2) is 23.1 Å². The van der Waals surface area contributed by atoms with Crippen LogP contribution in [0, 0.1) is 6.92 Å². The van der Waals surface area contributed by atoms with Crippen molar-refractivity contribution in [3.05, 3.63) is 29.3 Å². The Morgan fingerprint density at radius 3 is 2.52 bits per heavy atom. The molecule has 1 rings (SSSR count). The van der Waals surface area contributed by atoms with Crippen molar-refractivity contribution in [1.82, 2.24) is 5.32 Å². The second-order valence-corrected chi connectivity index (χ2v) is 8.24. The maximum Gasteiger partial charge on any atom is 0.251 e. The van der Waals surface area contributed by atoms with Gasteiger partial charge in [-0.1, -0.05) is 6.92 Å². The summed E-state index contributed by atoms with van der Waals surface area (Å²) in [4.78, 5) is 12.0. The molecule has 0 radical (unpaired) electrons. The van der Waals surface area contributed by atoms with Crippen LogP contribution in [0.25, 0.3) is 0 Å². The van der Waals surface area contributed by atoms with Crippen molar-refractivity contribution in [3.63, 3.8) is 0 Å². The summed E-state index contributed by atoms with van der Waals surface area (Å²) in [7, 11) is -4.69. The van der Waals surface area contributed by atoms with E-state index in [1.807, 2.05) is 6.92 Å². The number of aryl methyl sites for hydroxylation is 1. The van der Waals surface area contributed by atoms with Crippen LogP contribution in [0.2, 0.25) is 0 Å². The number of benzene rings is 1. The standard InChI is InChI=1S/C13H20N2O4S2/c1-9-8-11(21(14,18)19)4-5-12(9)13(16)15-7-6-10(2)20(3)17/h4-5,8,10H,6-7H2,1-3H3,(H,15,16)(H2,14,18,19). The zero-order chi connectivity index (χ0) is 16.2. The van der Waals surface area contributed by atoms with Gasteiger partial charge in [0.15, 0.2) is 0 Å². The number of nitrogens with two attached hydrogens (primary N) is 1. The lowest BCUT2D eigenvalue weighted by Crippen LogP contribution is -2.28. The zero-order valence-corrected chi connectivity index (χ0v) is 13.9. The summed E-state index contributed by atoms with van der Waals surface area (Å²) < 4.78 is 33.7. The van der Waals surface area contributed by atoms with Crippen LogP contribution < -0.4 is 10.5 Å². The maximum atomic E-state index is 12.0. The molecular formula is C13H20N2O4S2. The molecule has 1 amide bonds. The number of hydrogen-bond donors (Lipinski definition) is 2. The van der Waals surface area contributed by atoms with Crippen molar-refractivity contribution in [2.75, 3.05) is 12.8 Å². The number of rotatable bonds is 6. The molecule has 0 aromatic heterocycles. The predicted octanol–water partition coefficient (Wildman–Crippen LogP) is 0.529. The van der Waals surface area contributed by atoms with Crippen LogP contribution in [0.4, 0.5) is 0 Å². The van der Waals surface area contributed by atoms with E-state index in [1.54, 1.807) is 13.2 Å². The highest BCUT2D eigenvalue weighted by Gasteiger charge is 2.14. The van der Waals surface area contributed by atoms with Gasteiger partial charge in [0, 0.05) is 34.4 Å². The Hall–Kier alpha value is -1.25. The van der Waals surface area contributed by atoms with Crippen LogP contribution in [0.5, 0.6) is 0 Å². The van der Waals surface area contributed by atoms with Gasteiger partial charge >= 0.3 is 0 Å². The number of hydrogen-bond acceptors (Lipinski definition) is 4.